The monoisotopic (exact) mass is 292 g/mol. The fraction of sp³-hybridized carbons (Fsp3) is 0.429. The van der Waals surface area contributed by atoms with Gasteiger partial charge in [0.1, 0.15) is 0 Å². The molecular formula is C14H20N4OS. The van der Waals surface area contributed by atoms with Gasteiger partial charge in [-0.25, -0.2) is 0 Å². The lowest BCUT2D eigenvalue weighted by atomic mass is 10.1. The van der Waals surface area contributed by atoms with Crippen LogP contribution >= 0.6 is 11.8 Å². The lowest BCUT2D eigenvalue weighted by molar-refractivity contribution is -0.130. The smallest absolute Gasteiger partial charge is 0.222 e. The minimum absolute atomic E-state index is 0.0732. The molecule has 1 aliphatic rings. The van der Waals surface area contributed by atoms with Gasteiger partial charge in [-0.1, -0.05) is 12.1 Å². The van der Waals surface area contributed by atoms with Gasteiger partial charge in [0.15, 0.2) is 5.96 Å². The number of carbonyl (C=O) groups is 1. The lowest BCUT2D eigenvalue weighted by Crippen LogP contribution is -2.37. The van der Waals surface area contributed by atoms with Crippen molar-refractivity contribution in [3.05, 3.63) is 29.8 Å². The molecule has 4 N–H and O–H groups in total. The first-order valence-electron chi connectivity index (χ1n) is 6.70. The topological polar surface area (TPSA) is 82.2 Å². The van der Waals surface area contributed by atoms with E-state index in [0.717, 1.165) is 42.3 Å². The Hall–Kier alpha value is -1.69. The second kappa shape index (κ2) is 7.19. The Balaban J connectivity index is 1.81. The number of guanidine groups is 1. The molecule has 1 saturated heterocycles. The van der Waals surface area contributed by atoms with Crippen molar-refractivity contribution in [3.8, 4) is 0 Å². The summed E-state index contributed by atoms with van der Waals surface area (Å²) in [6.45, 7) is 1.76. The Labute approximate surface area is 123 Å². The molecule has 2 rings (SSSR count). The molecule has 1 aromatic rings. The number of rotatable bonds is 4. The van der Waals surface area contributed by atoms with Crippen molar-refractivity contribution in [2.75, 3.05) is 29.9 Å². The van der Waals surface area contributed by atoms with E-state index in [0.29, 0.717) is 6.42 Å². The molecular weight excluding hydrogens is 272 g/mol. The average Bonchev–Trinajstić information content (AvgIpc) is 2.46. The van der Waals surface area contributed by atoms with Crippen molar-refractivity contribution in [1.29, 1.82) is 5.41 Å². The summed E-state index contributed by atoms with van der Waals surface area (Å²) in [5.74, 6) is 2.28. The molecule has 108 valence electrons. The first-order chi connectivity index (χ1) is 9.65. The van der Waals surface area contributed by atoms with Crippen molar-refractivity contribution < 1.29 is 4.79 Å². The maximum atomic E-state index is 12.0. The van der Waals surface area contributed by atoms with Crippen molar-refractivity contribution in [2.45, 2.75) is 12.8 Å². The van der Waals surface area contributed by atoms with E-state index in [-0.39, 0.29) is 11.9 Å². The third kappa shape index (κ3) is 4.45. The number of hydrogen-bond acceptors (Lipinski definition) is 3. The molecule has 0 spiro atoms. The fourth-order valence-electron chi connectivity index (χ4n) is 2.13. The molecule has 0 radical (unpaired) electrons. The minimum Gasteiger partial charge on any atom is -0.370 e. The first-order valence-corrected chi connectivity index (χ1v) is 7.86. The van der Waals surface area contributed by atoms with Crippen LogP contribution in [-0.4, -0.2) is 41.4 Å². The first kappa shape index (κ1) is 14.7. The van der Waals surface area contributed by atoms with Crippen LogP contribution < -0.4 is 11.1 Å². The number of anilines is 1. The van der Waals surface area contributed by atoms with E-state index < -0.39 is 0 Å². The molecule has 6 heteroatoms. The van der Waals surface area contributed by atoms with Crippen LogP contribution in [0.2, 0.25) is 0 Å². The number of hydrogen-bond donors (Lipinski definition) is 3. The highest BCUT2D eigenvalue weighted by molar-refractivity contribution is 7.99. The number of aryl methyl sites for hydroxylation is 1. The van der Waals surface area contributed by atoms with E-state index in [1.807, 2.05) is 40.9 Å². The van der Waals surface area contributed by atoms with Crippen LogP contribution in [0.5, 0.6) is 0 Å². The number of nitrogens with zero attached hydrogens (tertiary/aromatic N) is 1. The van der Waals surface area contributed by atoms with Crippen LogP contribution in [0.25, 0.3) is 0 Å². The molecule has 0 unspecified atom stereocenters. The van der Waals surface area contributed by atoms with Gasteiger partial charge in [0.2, 0.25) is 5.91 Å². The number of nitrogens with two attached hydrogens (primary N) is 1. The summed E-state index contributed by atoms with van der Waals surface area (Å²) >= 11 is 1.91. The largest absolute Gasteiger partial charge is 0.370 e. The van der Waals surface area contributed by atoms with E-state index in [1.165, 1.54) is 0 Å². The highest BCUT2D eigenvalue weighted by Crippen LogP contribution is 2.13. The Morgan fingerprint density at radius 2 is 1.95 bits per heavy atom. The predicted molar refractivity (Wildman–Crippen MR) is 84.2 cm³/mol. The standard InChI is InChI=1S/C14H20N4OS/c15-14(16)17-12-4-1-11(2-5-12)3-6-13(19)18-7-9-20-10-8-18/h1-2,4-5H,3,6-10H2,(H4,15,16,17). The minimum atomic E-state index is -0.0732. The zero-order chi connectivity index (χ0) is 14.4. The van der Waals surface area contributed by atoms with Crippen LogP contribution in [0, 0.1) is 5.41 Å². The molecule has 0 aliphatic carbocycles. The highest BCUT2D eigenvalue weighted by atomic mass is 32.2. The quantitative estimate of drug-likeness (QED) is 0.580. The van der Waals surface area contributed by atoms with Gasteiger partial charge in [-0.3, -0.25) is 10.2 Å². The van der Waals surface area contributed by atoms with Crippen molar-refractivity contribution >= 4 is 29.3 Å². The van der Waals surface area contributed by atoms with Crippen molar-refractivity contribution in [2.24, 2.45) is 5.73 Å². The number of benzene rings is 1. The molecule has 0 atom stereocenters. The molecule has 1 aromatic carbocycles. The summed E-state index contributed by atoms with van der Waals surface area (Å²) in [7, 11) is 0. The summed E-state index contributed by atoms with van der Waals surface area (Å²) < 4.78 is 0. The highest BCUT2D eigenvalue weighted by Gasteiger charge is 2.16. The van der Waals surface area contributed by atoms with Crippen LogP contribution in [0.15, 0.2) is 24.3 Å². The molecule has 0 saturated carbocycles. The maximum Gasteiger partial charge on any atom is 0.222 e. The van der Waals surface area contributed by atoms with E-state index in [1.54, 1.807) is 0 Å². The molecule has 1 aliphatic heterocycles. The van der Waals surface area contributed by atoms with Gasteiger partial charge >= 0.3 is 0 Å². The van der Waals surface area contributed by atoms with Crippen molar-refractivity contribution in [3.63, 3.8) is 0 Å². The second-order valence-electron chi connectivity index (χ2n) is 4.73. The molecule has 1 fully saturated rings. The lowest BCUT2D eigenvalue weighted by Gasteiger charge is -2.26. The average molecular weight is 292 g/mol. The van der Waals surface area contributed by atoms with Crippen LogP contribution in [0.3, 0.4) is 0 Å². The molecule has 1 heterocycles. The Morgan fingerprint density at radius 1 is 1.30 bits per heavy atom. The Morgan fingerprint density at radius 3 is 2.55 bits per heavy atom. The number of amides is 1. The van der Waals surface area contributed by atoms with Crippen molar-refractivity contribution in [1.82, 2.24) is 4.90 Å². The van der Waals surface area contributed by atoms with Gasteiger partial charge in [-0.15, -0.1) is 0 Å². The van der Waals surface area contributed by atoms with Gasteiger partial charge in [0, 0.05) is 36.7 Å². The molecule has 0 aromatic heterocycles. The summed E-state index contributed by atoms with van der Waals surface area (Å²) in [4.78, 5) is 14.0. The summed E-state index contributed by atoms with van der Waals surface area (Å²) in [6.07, 6.45) is 1.31. The molecule has 1 amide bonds. The SMILES string of the molecule is N=C(N)Nc1ccc(CCC(=O)N2CCSCC2)cc1. The zero-order valence-electron chi connectivity index (χ0n) is 11.4. The summed E-state index contributed by atoms with van der Waals surface area (Å²) in [6, 6.07) is 7.67. The van der Waals surface area contributed by atoms with E-state index in [4.69, 9.17) is 11.1 Å². The van der Waals surface area contributed by atoms with Gasteiger partial charge < -0.3 is 16.0 Å². The second-order valence-corrected chi connectivity index (χ2v) is 5.95. The van der Waals surface area contributed by atoms with E-state index in [9.17, 15) is 4.79 Å². The van der Waals surface area contributed by atoms with E-state index >= 15 is 0 Å². The van der Waals surface area contributed by atoms with Gasteiger partial charge in [-0.2, -0.15) is 11.8 Å². The Kier molecular flexibility index (Phi) is 5.29. The third-order valence-electron chi connectivity index (χ3n) is 3.22. The van der Waals surface area contributed by atoms with Crippen LogP contribution in [0.1, 0.15) is 12.0 Å². The van der Waals surface area contributed by atoms with Gasteiger partial charge in [0.05, 0.1) is 0 Å². The van der Waals surface area contributed by atoms with Gasteiger partial charge in [-0.05, 0) is 24.1 Å². The fourth-order valence-corrected chi connectivity index (χ4v) is 3.04. The predicted octanol–water partition coefficient (Wildman–Crippen LogP) is 1.50. The normalized spacial score (nSPS) is 14.9. The number of carbonyl (C=O) groups excluding carboxylic acids is 1. The third-order valence-corrected chi connectivity index (χ3v) is 4.17. The molecule has 0 bridgehead atoms. The number of nitrogens with one attached hydrogen (secondary N) is 2. The molecule has 5 nitrogen and oxygen atoms in total. The van der Waals surface area contributed by atoms with E-state index in [2.05, 4.69) is 5.32 Å². The summed E-state index contributed by atoms with van der Waals surface area (Å²) in [5, 5.41) is 9.88. The maximum absolute atomic E-state index is 12.0. The van der Waals surface area contributed by atoms with Crippen LogP contribution in [-0.2, 0) is 11.2 Å². The number of thioether (sulfide) groups is 1. The summed E-state index contributed by atoms with van der Waals surface area (Å²) in [5.41, 5.74) is 7.18. The van der Waals surface area contributed by atoms with Crippen LogP contribution in [0.4, 0.5) is 5.69 Å². The molecule has 20 heavy (non-hydrogen) atoms. The Bertz CT molecular complexity index is 469. The zero-order valence-corrected chi connectivity index (χ0v) is 12.2. The van der Waals surface area contributed by atoms with Gasteiger partial charge in [0.25, 0.3) is 0 Å².